The number of methoxy groups -OCH3 is 1. The monoisotopic (exact) mass is 371 g/mol. The minimum absolute atomic E-state index is 0.00782. The highest BCUT2D eigenvalue weighted by Gasteiger charge is 2.68. The summed E-state index contributed by atoms with van der Waals surface area (Å²) in [5.74, 6) is -0.427. The molecule has 4 atom stereocenters. The van der Waals surface area contributed by atoms with Crippen LogP contribution in [0.25, 0.3) is 0 Å². The Kier molecular flexibility index (Phi) is 4.91. The number of rotatable bonds is 5. The van der Waals surface area contributed by atoms with E-state index in [1.807, 2.05) is 19.9 Å². The van der Waals surface area contributed by atoms with Crippen LogP contribution < -0.4 is 5.32 Å². The van der Waals surface area contributed by atoms with Gasteiger partial charge >= 0.3 is 5.97 Å². The van der Waals surface area contributed by atoms with Crippen molar-refractivity contribution >= 4 is 29.2 Å². The number of hydrogen-bond donors (Lipinski definition) is 1. The molecule has 1 fully saturated rings. The molecule has 0 bridgehead atoms. The Labute approximate surface area is 150 Å². The van der Waals surface area contributed by atoms with Gasteiger partial charge < -0.3 is 14.2 Å². The van der Waals surface area contributed by atoms with Crippen molar-refractivity contribution in [2.45, 2.75) is 43.9 Å². The first-order valence-electron chi connectivity index (χ1n) is 7.69. The highest BCUT2D eigenvalue weighted by atomic mass is 35.5. The number of halogens is 2. The fourth-order valence-electron chi connectivity index (χ4n) is 3.02. The zero-order valence-electron chi connectivity index (χ0n) is 13.6. The Bertz CT molecular complexity index is 658. The minimum atomic E-state index is -1.06. The number of esters is 1. The molecule has 1 saturated heterocycles. The highest BCUT2D eigenvalue weighted by Crippen LogP contribution is 2.51. The SMILES string of the molecule is COC(=O)[C@]1([C@@H]2C=C[C@@H](OC(C)C)O2)N[C@@H]1c1c(Cl)cccc1Cl. The van der Waals surface area contributed by atoms with Gasteiger partial charge in [0, 0.05) is 15.6 Å². The molecular weight excluding hydrogens is 353 g/mol. The van der Waals surface area contributed by atoms with Crippen molar-refractivity contribution in [2.75, 3.05) is 7.11 Å². The molecule has 0 aliphatic carbocycles. The number of carbonyl (C=O) groups excluding carboxylic acids is 1. The predicted molar refractivity (Wildman–Crippen MR) is 91.1 cm³/mol. The van der Waals surface area contributed by atoms with E-state index in [9.17, 15) is 4.79 Å². The van der Waals surface area contributed by atoms with Crippen LogP contribution in [0.2, 0.25) is 10.0 Å². The molecule has 0 amide bonds. The second-order valence-electron chi connectivity index (χ2n) is 6.07. The summed E-state index contributed by atoms with van der Waals surface area (Å²) in [7, 11) is 1.34. The third-order valence-electron chi connectivity index (χ3n) is 4.15. The Balaban J connectivity index is 1.88. The lowest BCUT2D eigenvalue weighted by Gasteiger charge is -2.22. The summed E-state index contributed by atoms with van der Waals surface area (Å²) in [6, 6.07) is 4.84. The molecule has 130 valence electrons. The quantitative estimate of drug-likeness (QED) is 0.488. The van der Waals surface area contributed by atoms with Crippen molar-refractivity contribution in [1.29, 1.82) is 0 Å². The molecule has 0 spiro atoms. The van der Waals surface area contributed by atoms with Crippen molar-refractivity contribution < 1.29 is 19.0 Å². The van der Waals surface area contributed by atoms with Crippen molar-refractivity contribution in [3.05, 3.63) is 46.0 Å². The van der Waals surface area contributed by atoms with Crippen molar-refractivity contribution in [3.63, 3.8) is 0 Å². The molecule has 1 N–H and O–H groups in total. The van der Waals surface area contributed by atoms with Crippen molar-refractivity contribution in [3.8, 4) is 0 Å². The molecule has 0 aromatic heterocycles. The molecule has 2 aliphatic rings. The van der Waals surface area contributed by atoms with E-state index in [0.717, 1.165) is 0 Å². The first-order valence-corrected chi connectivity index (χ1v) is 8.45. The summed E-state index contributed by atoms with van der Waals surface area (Å²) >= 11 is 12.6. The molecule has 3 rings (SSSR count). The molecule has 1 aromatic carbocycles. The lowest BCUT2D eigenvalue weighted by Crippen LogP contribution is -2.42. The van der Waals surface area contributed by atoms with Crippen LogP contribution in [-0.4, -0.2) is 37.1 Å². The van der Waals surface area contributed by atoms with Crippen LogP contribution in [0.4, 0.5) is 0 Å². The first-order chi connectivity index (χ1) is 11.4. The summed E-state index contributed by atoms with van der Waals surface area (Å²) in [4.78, 5) is 12.5. The second kappa shape index (κ2) is 6.65. The van der Waals surface area contributed by atoms with Crippen molar-refractivity contribution in [2.24, 2.45) is 0 Å². The van der Waals surface area contributed by atoms with E-state index in [0.29, 0.717) is 15.6 Å². The highest BCUT2D eigenvalue weighted by molar-refractivity contribution is 6.36. The lowest BCUT2D eigenvalue weighted by molar-refractivity contribution is -0.162. The number of ether oxygens (including phenoxy) is 3. The molecule has 0 saturated carbocycles. The van der Waals surface area contributed by atoms with Gasteiger partial charge in [0.1, 0.15) is 6.10 Å². The summed E-state index contributed by atoms with van der Waals surface area (Å²) in [5.41, 5.74) is -0.397. The molecule has 0 radical (unpaired) electrons. The summed E-state index contributed by atoms with van der Waals surface area (Å²) < 4.78 is 16.5. The summed E-state index contributed by atoms with van der Waals surface area (Å²) in [5, 5.41) is 4.15. The van der Waals surface area contributed by atoms with Crippen LogP contribution in [0.15, 0.2) is 30.4 Å². The first kappa shape index (κ1) is 17.7. The maximum Gasteiger partial charge on any atom is 0.331 e. The van der Waals surface area contributed by atoms with Gasteiger partial charge in [-0.1, -0.05) is 35.3 Å². The molecular formula is C17H19Cl2NO4. The number of nitrogens with one attached hydrogen (secondary N) is 1. The second-order valence-corrected chi connectivity index (χ2v) is 6.88. The van der Waals surface area contributed by atoms with Crippen LogP contribution in [0.3, 0.4) is 0 Å². The lowest BCUT2D eigenvalue weighted by atomic mass is 9.93. The van der Waals surface area contributed by atoms with Crippen LogP contribution in [0, 0.1) is 0 Å². The van der Waals surface area contributed by atoms with Gasteiger partial charge in [0.2, 0.25) is 0 Å². The predicted octanol–water partition coefficient (Wildman–Crippen LogP) is 3.26. The van der Waals surface area contributed by atoms with Gasteiger partial charge in [0.05, 0.1) is 19.3 Å². The van der Waals surface area contributed by atoms with E-state index in [1.54, 1.807) is 24.3 Å². The van der Waals surface area contributed by atoms with Gasteiger partial charge in [-0.15, -0.1) is 0 Å². The maximum atomic E-state index is 12.5. The molecule has 0 unspecified atom stereocenters. The summed E-state index contributed by atoms with van der Waals surface area (Å²) in [6.45, 7) is 3.84. The van der Waals surface area contributed by atoms with E-state index in [4.69, 9.17) is 37.4 Å². The van der Waals surface area contributed by atoms with Gasteiger partial charge in [-0.05, 0) is 32.1 Å². The van der Waals surface area contributed by atoms with E-state index in [-0.39, 0.29) is 6.10 Å². The van der Waals surface area contributed by atoms with E-state index in [2.05, 4.69) is 5.32 Å². The topological polar surface area (TPSA) is 66.7 Å². The van der Waals surface area contributed by atoms with Gasteiger partial charge in [-0.25, -0.2) is 4.79 Å². The largest absolute Gasteiger partial charge is 0.467 e. The number of carbonyl (C=O) groups is 1. The van der Waals surface area contributed by atoms with Crippen molar-refractivity contribution in [1.82, 2.24) is 5.32 Å². The minimum Gasteiger partial charge on any atom is -0.467 e. The Morgan fingerprint density at radius 3 is 2.54 bits per heavy atom. The van der Waals surface area contributed by atoms with E-state index >= 15 is 0 Å². The average Bonchev–Trinajstić information content (AvgIpc) is 3.09. The van der Waals surface area contributed by atoms with Gasteiger partial charge in [-0.2, -0.15) is 0 Å². The number of benzene rings is 1. The molecule has 5 nitrogen and oxygen atoms in total. The fraction of sp³-hybridized carbons (Fsp3) is 0.471. The van der Waals surface area contributed by atoms with E-state index in [1.165, 1.54) is 7.11 Å². The maximum absolute atomic E-state index is 12.5. The third-order valence-corrected chi connectivity index (χ3v) is 4.80. The molecule has 1 aromatic rings. The molecule has 7 heteroatoms. The normalized spacial score (nSPS) is 31.5. The van der Waals surface area contributed by atoms with Crippen LogP contribution in [0.5, 0.6) is 0 Å². The molecule has 2 heterocycles. The fourth-order valence-corrected chi connectivity index (χ4v) is 3.64. The van der Waals surface area contributed by atoms with Gasteiger partial charge in [-0.3, -0.25) is 5.32 Å². The van der Waals surface area contributed by atoms with Gasteiger partial charge in [0.15, 0.2) is 11.8 Å². The van der Waals surface area contributed by atoms with Crippen LogP contribution in [-0.2, 0) is 19.0 Å². The standard InChI is InChI=1S/C17H19Cl2NO4/c1-9(2)23-13-8-7-12(24-13)17(16(21)22-3)15(20-17)14-10(18)5-4-6-11(14)19/h4-9,12-13,15,20H,1-3H3/t12-,13-,15+,17+/m0/s1. The Morgan fingerprint density at radius 2 is 1.96 bits per heavy atom. The Morgan fingerprint density at radius 1 is 1.29 bits per heavy atom. The smallest absolute Gasteiger partial charge is 0.331 e. The third kappa shape index (κ3) is 2.95. The zero-order valence-corrected chi connectivity index (χ0v) is 15.1. The van der Waals surface area contributed by atoms with E-state index < -0.39 is 29.9 Å². The van der Waals surface area contributed by atoms with Gasteiger partial charge in [0.25, 0.3) is 0 Å². The molecule has 24 heavy (non-hydrogen) atoms. The van der Waals surface area contributed by atoms with Crippen LogP contribution >= 0.6 is 23.2 Å². The molecule has 2 aliphatic heterocycles. The zero-order chi connectivity index (χ0) is 17.5. The Hall–Kier alpha value is -1.11. The summed E-state index contributed by atoms with van der Waals surface area (Å²) in [6.07, 6.45) is 2.57. The average molecular weight is 372 g/mol. The van der Waals surface area contributed by atoms with Crippen LogP contribution in [0.1, 0.15) is 25.5 Å². The number of hydrogen-bond acceptors (Lipinski definition) is 5.